The molecule has 1 rings (SSSR count). The molecule has 0 amide bonds. The first-order valence-electron chi connectivity index (χ1n) is 6.24. The molecular weight excluding hydrogens is 202 g/mol. The Balaban J connectivity index is 2.25. The van der Waals surface area contributed by atoms with Crippen LogP contribution < -0.4 is 0 Å². The Morgan fingerprint density at radius 1 is 1.50 bits per heavy atom. The lowest BCUT2D eigenvalue weighted by molar-refractivity contribution is -0.143. The lowest BCUT2D eigenvalue weighted by Gasteiger charge is -2.22. The minimum Gasteiger partial charge on any atom is -0.480 e. The van der Waals surface area contributed by atoms with Gasteiger partial charge in [-0.05, 0) is 44.7 Å². The zero-order chi connectivity index (χ0) is 12.0. The van der Waals surface area contributed by atoms with Gasteiger partial charge >= 0.3 is 5.97 Å². The summed E-state index contributed by atoms with van der Waals surface area (Å²) in [7, 11) is 0. The van der Waals surface area contributed by atoms with Gasteiger partial charge in [0.1, 0.15) is 6.04 Å². The van der Waals surface area contributed by atoms with Gasteiger partial charge in [0.2, 0.25) is 0 Å². The van der Waals surface area contributed by atoms with Gasteiger partial charge in [0.15, 0.2) is 0 Å². The molecule has 2 atom stereocenters. The third-order valence-corrected chi connectivity index (χ3v) is 3.41. The molecule has 1 aliphatic heterocycles. The van der Waals surface area contributed by atoms with E-state index in [2.05, 4.69) is 11.5 Å². The maximum absolute atomic E-state index is 11.1. The summed E-state index contributed by atoms with van der Waals surface area (Å²) in [4.78, 5) is 13.2. The molecule has 92 valence electrons. The second-order valence-corrected chi connectivity index (χ2v) is 4.72. The van der Waals surface area contributed by atoms with E-state index in [1.807, 2.05) is 13.0 Å². The fourth-order valence-electron chi connectivity index (χ4n) is 2.46. The Labute approximate surface area is 98.1 Å². The van der Waals surface area contributed by atoms with E-state index >= 15 is 0 Å². The van der Waals surface area contributed by atoms with Crippen LogP contribution in [0.1, 0.15) is 39.0 Å². The third kappa shape index (κ3) is 3.63. The standard InChI is InChI=1S/C13H23NO2/c1-3-4-5-6-7-9-14-10-8-11(2)12(14)13(15)16/h3,11-12H,1,4-10H2,2H3,(H,15,16). The Morgan fingerprint density at radius 2 is 2.25 bits per heavy atom. The van der Waals surface area contributed by atoms with Crippen LogP contribution in [0, 0.1) is 5.92 Å². The van der Waals surface area contributed by atoms with E-state index in [9.17, 15) is 4.79 Å². The molecular formula is C13H23NO2. The molecule has 1 aliphatic rings. The topological polar surface area (TPSA) is 40.5 Å². The van der Waals surface area contributed by atoms with Crippen LogP contribution in [-0.4, -0.2) is 35.1 Å². The largest absolute Gasteiger partial charge is 0.480 e. The average molecular weight is 225 g/mol. The normalized spacial score (nSPS) is 25.8. The molecule has 1 fully saturated rings. The van der Waals surface area contributed by atoms with Crippen molar-refractivity contribution < 1.29 is 9.90 Å². The molecule has 3 nitrogen and oxygen atoms in total. The summed E-state index contributed by atoms with van der Waals surface area (Å²) < 4.78 is 0. The highest BCUT2D eigenvalue weighted by Gasteiger charge is 2.35. The molecule has 2 unspecified atom stereocenters. The van der Waals surface area contributed by atoms with Gasteiger partial charge in [0, 0.05) is 0 Å². The molecule has 0 aromatic carbocycles. The van der Waals surface area contributed by atoms with Crippen LogP contribution in [-0.2, 0) is 4.79 Å². The van der Waals surface area contributed by atoms with Crippen molar-refractivity contribution in [3.8, 4) is 0 Å². The number of nitrogens with zero attached hydrogens (tertiary/aromatic N) is 1. The van der Waals surface area contributed by atoms with Crippen LogP contribution in [0.3, 0.4) is 0 Å². The minimum absolute atomic E-state index is 0.251. The second-order valence-electron chi connectivity index (χ2n) is 4.72. The Hall–Kier alpha value is -0.830. The van der Waals surface area contributed by atoms with E-state index in [1.54, 1.807) is 0 Å². The van der Waals surface area contributed by atoms with Crippen LogP contribution in [0.4, 0.5) is 0 Å². The van der Waals surface area contributed by atoms with E-state index in [4.69, 9.17) is 5.11 Å². The number of hydrogen-bond acceptors (Lipinski definition) is 2. The predicted octanol–water partition coefficient (Wildman–Crippen LogP) is 2.53. The Bertz CT molecular complexity index is 240. The van der Waals surface area contributed by atoms with Crippen molar-refractivity contribution in [1.82, 2.24) is 4.90 Å². The number of allylic oxidation sites excluding steroid dienone is 1. The fraction of sp³-hybridized carbons (Fsp3) is 0.769. The summed E-state index contributed by atoms with van der Waals surface area (Å²) in [5.74, 6) is -0.359. The number of carboxylic acids is 1. The van der Waals surface area contributed by atoms with Crippen molar-refractivity contribution >= 4 is 5.97 Å². The quantitative estimate of drug-likeness (QED) is 0.534. The monoisotopic (exact) mass is 225 g/mol. The third-order valence-electron chi connectivity index (χ3n) is 3.41. The van der Waals surface area contributed by atoms with Gasteiger partial charge < -0.3 is 5.11 Å². The highest BCUT2D eigenvalue weighted by molar-refractivity contribution is 5.74. The number of carbonyl (C=O) groups is 1. The zero-order valence-corrected chi connectivity index (χ0v) is 10.2. The summed E-state index contributed by atoms with van der Waals surface area (Å²) in [5.41, 5.74) is 0. The first kappa shape index (κ1) is 13.2. The van der Waals surface area contributed by atoms with Crippen LogP contribution in [0.25, 0.3) is 0 Å². The van der Waals surface area contributed by atoms with Gasteiger partial charge in [-0.3, -0.25) is 9.69 Å². The smallest absolute Gasteiger partial charge is 0.321 e. The summed E-state index contributed by atoms with van der Waals surface area (Å²) in [6, 6.07) is -0.251. The van der Waals surface area contributed by atoms with Crippen molar-refractivity contribution in [3.05, 3.63) is 12.7 Å². The van der Waals surface area contributed by atoms with Gasteiger partial charge in [-0.2, -0.15) is 0 Å². The van der Waals surface area contributed by atoms with Crippen LogP contribution >= 0.6 is 0 Å². The Kier molecular flexibility index (Phi) is 5.53. The summed E-state index contributed by atoms with van der Waals surface area (Å²) in [6.45, 7) is 7.60. The Morgan fingerprint density at radius 3 is 2.88 bits per heavy atom. The zero-order valence-electron chi connectivity index (χ0n) is 10.2. The second kappa shape index (κ2) is 6.69. The number of hydrogen-bond donors (Lipinski definition) is 1. The molecule has 0 aromatic heterocycles. The molecule has 1 N–H and O–H groups in total. The molecule has 0 saturated carbocycles. The van der Waals surface area contributed by atoms with Gasteiger partial charge in [0.05, 0.1) is 0 Å². The summed E-state index contributed by atoms with van der Waals surface area (Å²) >= 11 is 0. The number of aliphatic carboxylic acids is 1. The van der Waals surface area contributed by atoms with Crippen molar-refractivity contribution in [2.45, 2.75) is 45.1 Å². The van der Waals surface area contributed by atoms with Gasteiger partial charge in [-0.25, -0.2) is 0 Å². The molecule has 0 aliphatic carbocycles. The van der Waals surface area contributed by atoms with E-state index in [0.717, 1.165) is 32.4 Å². The van der Waals surface area contributed by atoms with E-state index < -0.39 is 5.97 Å². The maximum atomic E-state index is 11.1. The highest BCUT2D eigenvalue weighted by Crippen LogP contribution is 2.24. The SMILES string of the molecule is C=CCCCCCN1CCC(C)C1C(=O)O. The van der Waals surface area contributed by atoms with Crippen LogP contribution in [0.15, 0.2) is 12.7 Å². The predicted molar refractivity (Wildman–Crippen MR) is 65.4 cm³/mol. The molecule has 16 heavy (non-hydrogen) atoms. The van der Waals surface area contributed by atoms with Crippen LogP contribution in [0.5, 0.6) is 0 Å². The number of likely N-dealkylation sites (tertiary alicyclic amines) is 1. The number of unbranched alkanes of at least 4 members (excludes halogenated alkanes) is 3. The van der Waals surface area contributed by atoms with Crippen molar-refractivity contribution in [2.24, 2.45) is 5.92 Å². The van der Waals surface area contributed by atoms with Crippen molar-refractivity contribution in [2.75, 3.05) is 13.1 Å². The van der Waals surface area contributed by atoms with Crippen molar-refractivity contribution in [1.29, 1.82) is 0 Å². The van der Waals surface area contributed by atoms with Crippen molar-refractivity contribution in [3.63, 3.8) is 0 Å². The van der Waals surface area contributed by atoms with E-state index in [1.165, 1.54) is 12.8 Å². The highest BCUT2D eigenvalue weighted by atomic mass is 16.4. The molecule has 1 heterocycles. The fourth-order valence-corrected chi connectivity index (χ4v) is 2.46. The van der Waals surface area contributed by atoms with Gasteiger partial charge in [0.25, 0.3) is 0 Å². The first-order chi connectivity index (χ1) is 7.66. The summed E-state index contributed by atoms with van der Waals surface area (Å²) in [5, 5.41) is 9.14. The first-order valence-corrected chi connectivity index (χ1v) is 6.24. The average Bonchev–Trinajstić information content (AvgIpc) is 2.59. The molecule has 1 saturated heterocycles. The van der Waals surface area contributed by atoms with E-state index in [0.29, 0.717) is 5.92 Å². The van der Waals surface area contributed by atoms with E-state index in [-0.39, 0.29) is 6.04 Å². The number of rotatable bonds is 7. The lowest BCUT2D eigenvalue weighted by atomic mass is 10.0. The molecule has 3 heteroatoms. The van der Waals surface area contributed by atoms with Crippen LogP contribution in [0.2, 0.25) is 0 Å². The lowest BCUT2D eigenvalue weighted by Crippen LogP contribution is -2.39. The molecule has 0 bridgehead atoms. The minimum atomic E-state index is -0.656. The van der Waals surface area contributed by atoms with Gasteiger partial charge in [-0.1, -0.05) is 19.4 Å². The number of carboxylic acid groups (broad SMARTS) is 1. The molecule has 0 aromatic rings. The summed E-state index contributed by atoms with van der Waals surface area (Å²) in [6.07, 6.45) is 7.47. The van der Waals surface area contributed by atoms with Gasteiger partial charge in [-0.15, -0.1) is 6.58 Å². The molecule has 0 radical (unpaired) electrons. The molecule has 0 spiro atoms. The maximum Gasteiger partial charge on any atom is 0.321 e.